The van der Waals surface area contributed by atoms with Crippen molar-refractivity contribution in [1.29, 1.82) is 0 Å². The standard InChI is InChI=1S/C22H28O4S2/c1-18(2)14-15-19(3)16-17-22(27(23,24)20-10-6-4-7-11-20)28(25,26)21-12-8-5-9-13-21/h4-13,16,18,22H,14-15,17H2,1-3H3/b19-16-. The third-order valence-corrected chi connectivity index (χ3v) is 9.76. The molecule has 2 aromatic rings. The Labute approximate surface area is 169 Å². The first-order chi connectivity index (χ1) is 13.2. The Balaban J connectivity index is 2.46. The normalized spacial score (nSPS) is 13.2. The van der Waals surface area contributed by atoms with Crippen LogP contribution in [0, 0.1) is 5.92 Å². The van der Waals surface area contributed by atoms with Crippen molar-refractivity contribution in [2.45, 2.75) is 54.4 Å². The molecule has 0 spiro atoms. The molecule has 0 atom stereocenters. The molecule has 0 radical (unpaired) electrons. The highest BCUT2D eigenvalue weighted by Gasteiger charge is 2.39. The van der Waals surface area contributed by atoms with Crippen LogP contribution in [0.5, 0.6) is 0 Å². The summed E-state index contributed by atoms with van der Waals surface area (Å²) < 4.78 is 51.3. The molecule has 0 aliphatic rings. The first kappa shape index (κ1) is 22.4. The number of rotatable bonds is 9. The van der Waals surface area contributed by atoms with E-state index in [1.54, 1.807) is 42.5 Å². The maximum atomic E-state index is 13.2. The van der Waals surface area contributed by atoms with Crippen LogP contribution >= 0.6 is 0 Å². The van der Waals surface area contributed by atoms with Gasteiger partial charge in [-0.3, -0.25) is 0 Å². The molecule has 152 valence electrons. The smallest absolute Gasteiger partial charge is 0.196 e. The molecule has 0 aliphatic heterocycles. The van der Waals surface area contributed by atoms with E-state index in [2.05, 4.69) is 13.8 Å². The molecular formula is C22H28O4S2. The Bertz CT molecular complexity index is 922. The van der Waals surface area contributed by atoms with Gasteiger partial charge in [0.15, 0.2) is 24.3 Å². The highest BCUT2D eigenvalue weighted by Crippen LogP contribution is 2.29. The van der Waals surface area contributed by atoms with Crippen molar-refractivity contribution in [2.75, 3.05) is 0 Å². The predicted molar refractivity (Wildman–Crippen MR) is 113 cm³/mol. The molecule has 0 saturated heterocycles. The van der Waals surface area contributed by atoms with Gasteiger partial charge in [0.05, 0.1) is 9.79 Å². The monoisotopic (exact) mass is 420 g/mol. The van der Waals surface area contributed by atoms with E-state index >= 15 is 0 Å². The van der Waals surface area contributed by atoms with Gasteiger partial charge in [0.25, 0.3) is 0 Å². The third kappa shape index (κ3) is 5.55. The minimum Gasteiger partial charge on any atom is -0.222 e. The Morgan fingerprint density at radius 2 is 1.25 bits per heavy atom. The van der Waals surface area contributed by atoms with Crippen LogP contribution in [0.15, 0.2) is 82.1 Å². The van der Waals surface area contributed by atoms with E-state index in [0.29, 0.717) is 5.92 Å². The summed E-state index contributed by atoms with van der Waals surface area (Å²) in [5, 5.41) is 0. The van der Waals surface area contributed by atoms with Crippen LogP contribution in [0.4, 0.5) is 0 Å². The van der Waals surface area contributed by atoms with Crippen molar-refractivity contribution in [3.05, 3.63) is 72.3 Å². The zero-order valence-corrected chi connectivity index (χ0v) is 18.2. The van der Waals surface area contributed by atoms with Gasteiger partial charge < -0.3 is 0 Å². The second-order valence-electron chi connectivity index (χ2n) is 7.36. The largest absolute Gasteiger partial charge is 0.222 e. The second-order valence-corrected chi connectivity index (χ2v) is 11.9. The SMILES string of the molecule is C/C(=C/CC(S(=O)(=O)c1ccccc1)S(=O)(=O)c1ccccc1)CCC(C)C. The van der Waals surface area contributed by atoms with Gasteiger partial charge in [-0.25, -0.2) is 16.8 Å². The van der Waals surface area contributed by atoms with Gasteiger partial charge in [0, 0.05) is 0 Å². The van der Waals surface area contributed by atoms with Crippen LogP contribution in [0.1, 0.15) is 40.0 Å². The van der Waals surface area contributed by atoms with Crippen LogP contribution in [0.3, 0.4) is 0 Å². The molecule has 0 heterocycles. The van der Waals surface area contributed by atoms with E-state index in [9.17, 15) is 16.8 Å². The van der Waals surface area contributed by atoms with E-state index in [1.165, 1.54) is 24.3 Å². The maximum absolute atomic E-state index is 13.2. The van der Waals surface area contributed by atoms with E-state index in [4.69, 9.17) is 0 Å². The Hall–Kier alpha value is -1.92. The lowest BCUT2D eigenvalue weighted by Gasteiger charge is -2.18. The Morgan fingerprint density at radius 3 is 1.64 bits per heavy atom. The van der Waals surface area contributed by atoms with Crippen molar-refractivity contribution < 1.29 is 16.8 Å². The first-order valence-electron chi connectivity index (χ1n) is 9.39. The molecule has 0 bridgehead atoms. The molecule has 6 heteroatoms. The summed E-state index contributed by atoms with van der Waals surface area (Å²) in [5.74, 6) is 0.528. The summed E-state index contributed by atoms with van der Waals surface area (Å²) in [6.45, 7) is 6.16. The zero-order chi connectivity index (χ0) is 20.8. The van der Waals surface area contributed by atoms with Crippen LogP contribution < -0.4 is 0 Å². The second kappa shape index (κ2) is 9.52. The molecule has 2 rings (SSSR count). The van der Waals surface area contributed by atoms with Gasteiger partial charge in [-0.1, -0.05) is 61.9 Å². The van der Waals surface area contributed by atoms with Gasteiger partial charge in [-0.15, -0.1) is 0 Å². The molecule has 2 aromatic carbocycles. The summed E-state index contributed by atoms with van der Waals surface area (Å²) in [6.07, 6.45) is 3.48. The van der Waals surface area contributed by atoms with Gasteiger partial charge in [-0.05, 0) is 56.4 Å². The minimum atomic E-state index is -4.07. The quantitative estimate of drug-likeness (QED) is 0.533. The summed E-state index contributed by atoms with van der Waals surface area (Å²) in [5.41, 5.74) is 1.00. The van der Waals surface area contributed by atoms with Gasteiger partial charge in [-0.2, -0.15) is 0 Å². The fourth-order valence-electron chi connectivity index (χ4n) is 2.86. The molecule has 28 heavy (non-hydrogen) atoms. The molecule has 0 saturated carbocycles. The molecule has 0 amide bonds. The average Bonchev–Trinajstić information content (AvgIpc) is 2.67. The van der Waals surface area contributed by atoms with Crippen LogP contribution in [0.2, 0.25) is 0 Å². The van der Waals surface area contributed by atoms with Crippen LogP contribution in [-0.2, 0) is 19.7 Å². The number of benzene rings is 2. The molecule has 0 aromatic heterocycles. The van der Waals surface area contributed by atoms with Crippen molar-refractivity contribution in [2.24, 2.45) is 5.92 Å². The van der Waals surface area contributed by atoms with E-state index in [1.807, 2.05) is 6.92 Å². The minimum absolute atomic E-state index is 0.0211. The predicted octanol–water partition coefficient (Wildman–Crippen LogP) is 5.03. The van der Waals surface area contributed by atoms with Crippen molar-refractivity contribution >= 4 is 19.7 Å². The topological polar surface area (TPSA) is 68.3 Å². The molecule has 0 fully saturated rings. The van der Waals surface area contributed by atoms with Crippen LogP contribution in [0.25, 0.3) is 0 Å². The summed E-state index contributed by atoms with van der Waals surface area (Å²) in [6, 6.07) is 15.6. The summed E-state index contributed by atoms with van der Waals surface area (Å²) in [7, 11) is -8.13. The van der Waals surface area contributed by atoms with E-state index in [0.717, 1.165) is 18.4 Å². The fraction of sp³-hybridized carbons (Fsp3) is 0.364. The molecule has 0 aliphatic carbocycles. The Kier molecular flexibility index (Phi) is 7.61. The number of hydrogen-bond donors (Lipinski definition) is 0. The number of hydrogen-bond acceptors (Lipinski definition) is 4. The molecule has 0 N–H and O–H groups in total. The van der Waals surface area contributed by atoms with E-state index in [-0.39, 0.29) is 16.2 Å². The van der Waals surface area contributed by atoms with Crippen molar-refractivity contribution in [1.82, 2.24) is 0 Å². The summed E-state index contributed by atoms with van der Waals surface area (Å²) >= 11 is 0. The third-order valence-electron chi connectivity index (χ3n) is 4.61. The fourth-order valence-corrected chi connectivity index (χ4v) is 7.24. The first-order valence-corrected chi connectivity index (χ1v) is 12.5. The average molecular weight is 421 g/mol. The lowest BCUT2D eigenvalue weighted by atomic mass is 10.0. The molecular weight excluding hydrogens is 392 g/mol. The summed E-state index contributed by atoms with van der Waals surface area (Å²) in [4.78, 5) is 0.0421. The van der Waals surface area contributed by atoms with Crippen molar-refractivity contribution in [3.63, 3.8) is 0 Å². The van der Waals surface area contributed by atoms with E-state index < -0.39 is 24.3 Å². The lowest BCUT2D eigenvalue weighted by molar-refractivity contribution is 0.572. The van der Waals surface area contributed by atoms with Gasteiger partial charge in [0.2, 0.25) is 0 Å². The van der Waals surface area contributed by atoms with Gasteiger partial charge >= 0.3 is 0 Å². The highest BCUT2D eigenvalue weighted by molar-refractivity contribution is 8.09. The molecule has 4 nitrogen and oxygen atoms in total. The number of allylic oxidation sites excluding steroid dienone is 2. The van der Waals surface area contributed by atoms with Crippen LogP contribution in [-0.4, -0.2) is 21.4 Å². The lowest BCUT2D eigenvalue weighted by Crippen LogP contribution is -2.30. The maximum Gasteiger partial charge on any atom is 0.196 e. The van der Waals surface area contributed by atoms with Gasteiger partial charge in [0.1, 0.15) is 0 Å². The number of sulfone groups is 2. The Morgan fingerprint density at radius 1 is 0.821 bits per heavy atom. The van der Waals surface area contributed by atoms with Crippen molar-refractivity contribution in [3.8, 4) is 0 Å². The molecule has 0 unspecified atom stereocenters. The highest BCUT2D eigenvalue weighted by atomic mass is 32.3. The zero-order valence-electron chi connectivity index (χ0n) is 16.6.